The summed E-state index contributed by atoms with van der Waals surface area (Å²) in [7, 11) is 0. The third-order valence-electron chi connectivity index (χ3n) is 5.35. The van der Waals surface area contributed by atoms with Gasteiger partial charge in [0.15, 0.2) is 0 Å². The molecular weight excluding hydrogens is 373 g/mol. The second kappa shape index (κ2) is 7.67. The average molecular weight is 395 g/mol. The van der Waals surface area contributed by atoms with Crippen LogP contribution in [0.4, 0.5) is 4.39 Å². The van der Waals surface area contributed by atoms with Crippen molar-refractivity contribution in [1.82, 2.24) is 15.6 Å². The summed E-state index contributed by atoms with van der Waals surface area (Å²) in [6.45, 7) is 2.14. The number of H-pyrrole nitrogens is 1. The highest BCUT2D eigenvalue weighted by Crippen LogP contribution is 2.33. The quantitative estimate of drug-likeness (QED) is 0.533. The Balaban J connectivity index is 1.61. The molecule has 2 heterocycles. The molecule has 2 amide bonds. The van der Waals surface area contributed by atoms with E-state index >= 15 is 0 Å². The van der Waals surface area contributed by atoms with Gasteiger partial charge in [-0.1, -0.05) is 18.2 Å². The molecule has 2 atom stereocenters. The van der Waals surface area contributed by atoms with E-state index in [0.717, 1.165) is 33.3 Å². The van der Waals surface area contributed by atoms with E-state index in [9.17, 15) is 19.1 Å². The van der Waals surface area contributed by atoms with Crippen LogP contribution in [0.2, 0.25) is 0 Å². The van der Waals surface area contributed by atoms with Gasteiger partial charge in [-0.15, -0.1) is 0 Å². The Bertz CT molecular complexity index is 1070. The zero-order valence-electron chi connectivity index (χ0n) is 16.0. The first kappa shape index (κ1) is 19.1. The molecule has 4 rings (SSSR count). The van der Waals surface area contributed by atoms with Crippen molar-refractivity contribution in [3.63, 3.8) is 0 Å². The molecule has 1 fully saturated rings. The molecule has 0 radical (unpaired) electrons. The second-order valence-electron chi connectivity index (χ2n) is 7.34. The number of para-hydroxylation sites is 1. The van der Waals surface area contributed by atoms with Crippen LogP contribution in [-0.2, 0) is 16.0 Å². The van der Waals surface area contributed by atoms with Crippen LogP contribution in [0.15, 0.2) is 42.5 Å². The molecule has 3 aromatic rings. The van der Waals surface area contributed by atoms with Gasteiger partial charge in [-0.05, 0) is 54.3 Å². The van der Waals surface area contributed by atoms with Crippen molar-refractivity contribution >= 4 is 22.7 Å². The number of nitrogens with one attached hydrogen (secondary N) is 3. The van der Waals surface area contributed by atoms with Gasteiger partial charge >= 0.3 is 0 Å². The number of aromatic amines is 1. The Morgan fingerprint density at radius 3 is 2.69 bits per heavy atom. The zero-order valence-corrected chi connectivity index (χ0v) is 16.0. The van der Waals surface area contributed by atoms with E-state index in [1.165, 1.54) is 12.1 Å². The number of benzene rings is 2. The van der Waals surface area contributed by atoms with Crippen LogP contribution in [0.3, 0.4) is 0 Å². The van der Waals surface area contributed by atoms with Crippen molar-refractivity contribution in [3.8, 4) is 11.3 Å². The van der Waals surface area contributed by atoms with Crippen molar-refractivity contribution in [1.29, 1.82) is 0 Å². The maximum atomic E-state index is 13.4. The number of fused-ring (bicyclic) bond motifs is 1. The fourth-order valence-electron chi connectivity index (χ4n) is 3.80. The van der Waals surface area contributed by atoms with Crippen molar-refractivity contribution in [2.24, 2.45) is 0 Å². The first-order valence-corrected chi connectivity index (χ1v) is 9.55. The summed E-state index contributed by atoms with van der Waals surface area (Å²) in [5.74, 6) is -0.992. The first-order valence-electron chi connectivity index (χ1n) is 9.55. The van der Waals surface area contributed by atoms with Crippen molar-refractivity contribution in [2.45, 2.75) is 31.9 Å². The maximum Gasteiger partial charge on any atom is 0.245 e. The van der Waals surface area contributed by atoms with E-state index in [2.05, 4.69) is 15.6 Å². The van der Waals surface area contributed by atoms with E-state index in [1.807, 2.05) is 25.1 Å². The predicted octanol–water partition coefficient (Wildman–Crippen LogP) is 2.19. The molecule has 2 aromatic carbocycles. The van der Waals surface area contributed by atoms with Gasteiger partial charge in [0.2, 0.25) is 11.8 Å². The summed E-state index contributed by atoms with van der Waals surface area (Å²) >= 11 is 0. The minimum Gasteiger partial charge on any atom is -0.389 e. The van der Waals surface area contributed by atoms with Crippen LogP contribution >= 0.6 is 0 Å². The second-order valence-corrected chi connectivity index (χ2v) is 7.34. The van der Waals surface area contributed by atoms with Gasteiger partial charge in [0.05, 0.1) is 0 Å². The molecule has 150 valence electrons. The lowest BCUT2D eigenvalue weighted by Gasteiger charge is -2.13. The highest BCUT2D eigenvalue weighted by molar-refractivity contribution is 5.94. The van der Waals surface area contributed by atoms with Gasteiger partial charge < -0.3 is 20.7 Å². The lowest BCUT2D eigenvalue weighted by Crippen LogP contribution is -2.45. The fraction of sp³-hybridized carbons (Fsp3) is 0.273. The van der Waals surface area contributed by atoms with E-state index in [-0.39, 0.29) is 30.6 Å². The van der Waals surface area contributed by atoms with Gasteiger partial charge in [0, 0.05) is 29.6 Å². The first-order chi connectivity index (χ1) is 13.9. The molecule has 1 aliphatic rings. The number of carbonyl (C=O) groups excluding carboxylic acids is 2. The van der Waals surface area contributed by atoms with Gasteiger partial charge in [0.1, 0.15) is 18.0 Å². The molecule has 4 N–H and O–H groups in total. The smallest absolute Gasteiger partial charge is 0.245 e. The summed E-state index contributed by atoms with van der Waals surface area (Å²) in [6, 6.07) is 11.3. The Kier molecular flexibility index (Phi) is 5.07. The minimum absolute atomic E-state index is 0.139. The van der Waals surface area contributed by atoms with Crippen LogP contribution in [0, 0.1) is 12.7 Å². The van der Waals surface area contributed by atoms with Crippen molar-refractivity contribution in [3.05, 3.63) is 59.4 Å². The van der Waals surface area contributed by atoms with Crippen LogP contribution in [-0.4, -0.2) is 40.6 Å². The van der Waals surface area contributed by atoms with Crippen molar-refractivity contribution in [2.75, 3.05) is 6.54 Å². The Morgan fingerprint density at radius 1 is 1.24 bits per heavy atom. The number of aryl methyl sites for hydroxylation is 2. The number of aromatic nitrogens is 1. The highest BCUT2D eigenvalue weighted by atomic mass is 19.1. The number of aliphatic hydroxyl groups excluding tert-OH is 1. The van der Waals surface area contributed by atoms with Crippen LogP contribution in [0.1, 0.15) is 17.5 Å². The fourth-order valence-corrected chi connectivity index (χ4v) is 3.80. The molecule has 1 saturated heterocycles. The van der Waals surface area contributed by atoms with E-state index < -0.39 is 12.1 Å². The molecule has 7 heteroatoms. The SMILES string of the molecule is Cc1cccc2c(CCC(=O)N[C@@H]3C(=O)NC[C@H]3O)c(-c3ccc(F)cc3)[nH]c12. The van der Waals surface area contributed by atoms with E-state index in [4.69, 9.17) is 0 Å². The summed E-state index contributed by atoms with van der Waals surface area (Å²) < 4.78 is 13.4. The highest BCUT2D eigenvalue weighted by Gasteiger charge is 2.34. The molecule has 1 aromatic heterocycles. The standard InChI is InChI=1S/C22H22FN3O3/c1-12-3-2-4-15-16(9-10-18(28)25-21-17(27)11-24-22(21)29)20(26-19(12)15)13-5-7-14(23)8-6-13/h2-8,17,21,26-27H,9-11H2,1H3,(H,24,29)(H,25,28)/t17-,21+/m1/s1. The number of hydrogen-bond acceptors (Lipinski definition) is 3. The average Bonchev–Trinajstić information content (AvgIpc) is 3.23. The number of hydrogen-bond donors (Lipinski definition) is 4. The van der Waals surface area contributed by atoms with Crippen LogP contribution in [0.25, 0.3) is 22.2 Å². The lowest BCUT2D eigenvalue weighted by molar-refractivity contribution is -0.128. The summed E-state index contributed by atoms with van der Waals surface area (Å²) in [6.07, 6.45) is -0.324. The Labute approximate surface area is 167 Å². The van der Waals surface area contributed by atoms with Gasteiger partial charge in [0.25, 0.3) is 0 Å². The Hall–Kier alpha value is -3.19. The van der Waals surface area contributed by atoms with Crippen LogP contribution in [0.5, 0.6) is 0 Å². The monoisotopic (exact) mass is 395 g/mol. The molecule has 1 aliphatic heterocycles. The number of β-amino-alcohol motifs (C(OH)–C–C–N with tert-alkyl or cyclic N) is 1. The Morgan fingerprint density at radius 2 is 2.00 bits per heavy atom. The third kappa shape index (κ3) is 3.73. The topological polar surface area (TPSA) is 94.2 Å². The normalized spacial score (nSPS) is 18.8. The lowest BCUT2D eigenvalue weighted by atomic mass is 10.00. The molecule has 0 aliphatic carbocycles. The molecule has 29 heavy (non-hydrogen) atoms. The molecule has 6 nitrogen and oxygen atoms in total. The van der Waals surface area contributed by atoms with Crippen LogP contribution < -0.4 is 10.6 Å². The molecular formula is C22H22FN3O3. The molecule has 0 bridgehead atoms. The minimum atomic E-state index is -0.919. The largest absolute Gasteiger partial charge is 0.389 e. The number of aliphatic hydroxyl groups is 1. The number of carbonyl (C=O) groups is 2. The zero-order chi connectivity index (χ0) is 20.5. The molecule has 0 unspecified atom stereocenters. The summed E-state index contributed by atoms with van der Waals surface area (Å²) in [5.41, 5.74) is 4.70. The summed E-state index contributed by atoms with van der Waals surface area (Å²) in [4.78, 5) is 27.6. The maximum absolute atomic E-state index is 13.4. The van der Waals surface area contributed by atoms with Gasteiger partial charge in [-0.3, -0.25) is 9.59 Å². The number of amides is 2. The van der Waals surface area contributed by atoms with E-state index in [0.29, 0.717) is 6.42 Å². The predicted molar refractivity (Wildman–Crippen MR) is 108 cm³/mol. The third-order valence-corrected chi connectivity index (χ3v) is 5.35. The molecule has 0 spiro atoms. The number of rotatable bonds is 5. The summed E-state index contributed by atoms with van der Waals surface area (Å²) in [5, 5.41) is 16.0. The van der Waals surface area contributed by atoms with Gasteiger partial charge in [-0.25, -0.2) is 4.39 Å². The molecule has 0 saturated carbocycles. The number of halogens is 1. The van der Waals surface area contributed by atoms with Crippen molar-refractivity contribution < 1.29 is 19.1 Å². The van der Waals surface area contributed by atoms with Gasteiger partial charge in [-0.2, -0.15) is 0 Å². The van der Waals surface area contributed by atoms with E-state index in [1.54, 1.807) is 12.1 Å².